The lowest BCUT2D eigenvalue weighted by molar-refractivity contribution is -0.138. The van der Waals surface area contributed by atoms with Crippen molar-refractivity contribution in [2.24, 2.45) is 0 Å². The molecular weight excluding hydrogens is 244 g/mol. The summed E-state index contributed by atoms with van der Waals surface area (Å²) in [6, 6.07) is 4.82. The Morgan fingerprint density at radius 1 is 1.32 bits per heavy atom. The largest absolute Gasteiger partial charge is 0.480 e. The predicted octanol–water partition coefficient (Wildman–Crippen LogP) is 1.99. The summed E-state index contributed by atoms with van der Waals surface area (Å²) >= 11 is 0. The van der Waals surface area contributed by atoms with Gasteiger partial charge in [-0.3, -0.25) is 9.59 Å². The number of amides is 1. The molecule has 0 spiro atoms. The number of nitrogens with one attached hydrogen (secondary N) is 2. The number of carboxylic acids is 1. The number of aromatic amines is 1. The van der Waals surface area contributed by atoms with Crippen molar-refractivity contribution in [3.05, 3.63) is 35.0 Å². The minimum atomic E-state index is -1.05. The summed E-state index contributed by atoms with van der Waals surface area (Å²) in [6.07, 6.45) is 0. The highest BCUT2D eigenvalue weighted by Gasteiger charge is 2.21. The first-order chi connectivity index (χ1) is 8.91. The van der Waals surface area contributed by atoms with Crippen LogP contribution in [-0.4, -0.2) is 28.0 Å². The number of benzene rings is 1. The summed E-state index contributed by atoms with van der Waals surface area (Å²) in [5.74, 6) is -1.42. The SMILES string of the molecule is Cc1[nH]c2cccc(C)c2c1C(=O)N[C@@H](C)C(=O)O. The highest BCUT2D eigenvalue weighted by atomic mass is 16.4. The molecule has 1 aromatic carbocycles. The Kier molecular flexibility index (Phi) is 3.29. The first kappa shape index (κ1) is 13.1. The van der Waals surface area contributed by atoms with E-state index in [9.17, 15) is 9.59 Å². The van der Waals surface area contributed by atoms with E-state index in [1.807, 2.05) is 25.1 Å². The summed E-state index contributed by atoms with van der Waals surface area (Å²) in [4.78, 5) is 26.2. The van der Waals surface area contributed by atoms with Gasteiger partial charge in [0.05, 0.1) is 5.56 Å². The summed E-state index contributed by atoms with van der Waals surface area (Å²) in [5, 5.41) is 12.2. The van der Waals surface area contributed by atoms with Gasteiger partial charge in [-0.15, -0.1) is 0 Å². The lowest BCUT2D eigenvalue weighted by Crippen LogP contribution is -2.38. The minimum absolute atomic E-state index is 0.368. The second kappa shape index (κ2) is 4.76. The van der Waals surface area contributed by atoms with E-state index in [0.717, 1.165) is 22.2 Å². The van der Waals surface area contributed by atoms with Gasteiger partial charge in [-0.1, -0.05) is 12.1 Å². The number of aliphatic carboxylic acids is 1. The van der Waals surface area contributed by atoms with Crippen LogP contribution in [0, 0.1) is 13.8 Å². The third-order valence-electron chi connectivity index (χ3n) is 3.17. The molecule has 1 aromatic heterocycles. The molecule has 100 valence electrons. The number of hydrogen-bond acceptors (Lipinski definition) is 2. The molecule has 0 unspecified atom stereocenters. The number of carbonyl (C=O) groups is 2. The summed E-state index contributed by atoms with van der Waals surface area (Å²) < 4.78 is 0. The fraction of sp³-hybridized carbons (Fsp3) is 0.286. The van der Waals surface area contributed by atoms with Crippen molar-refractivity contribution in [1.29, 1.82) is 0 Å². The van der Waals surface area contributed by atoms with Crippen LogP contribution in [0.25, 0.3) is 10.9 Å². The van der Waals surface area contributed by atoms with E-state index >= 15 is 0 Å². The molecule has 0 saturated heterocycles. The number of aryl methyl sites for hydroxylation is 2. The van der Waals surface area contributed by atoms with Gasteiger partial charge in [-0.2, -0.15) is 0 Å². The zero-order chi connectivity index (χ0) is 14.2. The molecule has 19 heavy (non-hydrogen) atoms. The van der Waals surface area contributed by atoms with Crippen molar-refractivity contribution in [2.75, 3.05) is 0 Å². The van der Waals surface area contributed by atoms with Gasteiger partial charge in [-0.05, 0) is 32.4 Å². The zero-order valence-electron chi connectivity index (χ0n) is 11.1. The third-order valence-corrected chi connectivity index (χ3v) is 3.17. The van der Waals surface area contributed by atoms with Crippen LogP contribution < -0.4 is 5.32 Å². The fourth-order valence-electron chi connectivity index (χ4n) is 2.17. The quantitative estimate of drug-likeness (QED) is 0.789. The molecule has 1 heterocycles. The molecule has 0 radical (unpaired) electrons. The number of fused-ring (bicyclic) bond motifs is 1. The van der Waals surface area contributed by atoms with Crippen molar-refractivity contribution in [3.8, 4) is 0 Å². The van der Waals surface area contributed by atoms with Crippen molar-refractivity contribution in [3.63, 3.8) is 0 Å². The Hall–Kier alpha value is -2.30. The van der Waals surface area contributed by atoms with Gasteiger partial charge in [0.15, 0.2) is 0 Å². The normalized spacial score (nSPS) is 12.4. The van der Waals surface area contributed by atoms with Gasteiger partial charge in [0.2, 0.25) is 0 Å². The average Bonchev–Trinajstić information content (AvgIpc) is 2.66. The van der Waals surface area contributed by atoms with Gasteiger partial charge in [0.1, 0.15) is 6.04 Å². The first-order valence-electron chi connectivity index (χ1n) is 6.03. The lowest BCUT2D eigenvalue weighted by atomic mass is 10.1. The van der Waals surface area contributed by atoms with E-state index in [1.165, 1.54) is 6.92 Å². The molecule has 0 bridgehead atoms. The Morgan fingerprint density at radius 3 is 2.63 bits per heavy atom. The van der Waals surface area contributed by atoms with E-state index in [4.69, 9.17) is 5.11 Å². The van der Waals surface area contributed by atoms with Crippen molar-refractivity contribution in [2.45, 2.75) is 26.8 Å². The maximum Gasteiger partial charge on any atom is 0.325 e. The van der Waals surface area contributed by atoms with Crippen LogP contribution in [0.4, 0.5) is 0 Å². The van der Waals surface area contributed by atoms with Gasteiger partial charge < -0.3 is 15.4 Å². The van der Waals surface area contributed by atoms with Crippen molar-refractivity contribution >= 4 is 22.8 Å². The standard InChI is InChI=1S/C14H16N2O3/c1-7-5-4-6-10-11(7)12(8(2)15-10)13(17)16-9(3)14(18)19/h4-6,9,15H,1-3H3,(H,16,17)(H,18,19)/t9-/m0/s1. The molecule has 2 aromatic rings. The third kappa shape index (κ3) is 2.31. The van der Waals surface area contributed by atoms with Crippen molar-refractivity contribution < 1.29 is 14.7 Å². The monoisotopic (exact) mass is 260 g/mol. The second-order valence-electron chi connectivity index (χ2n) is 4.66. The summed E-state index contributed by atoms with van der Waals surface area (Å²) in [5.41, 5.74) is 3.11. The highest BCUT2D eigenvalue weighted by Crippen LogP contribution is 2.25. The molecule has 5 heteroatoms. The van der Waals surface area contributed by atoms with Crippen LogP contribution in [0.5, 0.6) is 0 Å². The van der Waals surface area contributed by atoms with Crippen molar-refractivity contribution in [1.82, 2.24) is 10.3 Å². The molecule has 1 amide bonds. The van der Waals surface area contributed by atoms with Gasteiger partial charge in [-0.25, -0.2) is 0 Å². The number of hydrogen-bond donors (Lipinski definition) is 3. The molecule has 3 N–H and O–H groups in total. The van der Waals surface area contributed by atoms with Crippen LogP contribution in [0.3, 0.4) is 0 Å². The Balaban J connectivity index is 2.47. The molecule has 0 aliphatic carbocycles. The topological polar surface area (TPSA) is 82.2 Å². The maximum absolute atomic E-state index is 12.2. The number of carbonyl (C=O) groups excluding carboxylic acids is 1. The van der Waals surface area contributed by atoms with E-state index in [1.54, 1.807) is 6.92 Å². The van der Waals surface area contributed by atoms with Crippen LogP contribution in [-0.2, 0) is 4.79 Å². The molecule has 1 atom stereocenters. The number of H-pyrrole nitrogens is 1. The zero-order valence-corrected chi connectivity index (χ0v) is 11.1. The number of carboxylic acid groups (broad SMARTS) is 1. The number of aromatic nitrogens is 1. The Labute approximate surface area is 110 Å². The van der Waals surface area contributed by atoms with E-state index < -0.39 is 12.0 Å². The molecule has 5 nitrogen and oxygen atoms in total. The van der Waals surface area contributed by atoms with E-state index in [0.29, 0.717) is 5.56 Å². The minimum Gasteiger partial charge on any atom is -0.480 e. The van der Waals surface area contributed by atoms with Crippen LogP contribution in [0.15, 0.2) is 18.2 Å². The van der Waals surface area contributed by atoms with E-state index in [-0.39, 0.29) is 5.91 Å². The molecule has 0 aliphatic heterocycles. The van der Waals surface area contributed by atoms with E-state index in [2.05, 4.69) is 10.3 Å². The van der Waals surface area contributed by atoms with Crippen LogP contribution in [0.2, 0.25) is 0 Å². The molecular formula is C14H16N2O3. The van der Waals surface area contributed by atoms with Gasteiger partial charge >= 0.3 is 5.97 Å². The predicted molar refractivity (Wildman–Crippen MR) is 72.3 cm³/mol. The number of rotatable bonds is 3. The van der Waals surface area contributed by atoms with Gasteiger partial charge in [0, 0.05) is 16.6 Å². The summed E-state index contributed by atoms with van der Waals surface area (Å²) in [6.45, 7) is 5.17. The molecule has 2 rings (SSSR count). The second-order valence-corrected chi connectivity index (χ2v) is 4.66. The molecule has 0 saturated carbocycles. The fourth-order valence-corrected chi connectivity index (χ4v) is 2.17. The lowest BCUT2D eigenvalue weighted by Gasteiger charge is -2.10. The maximum atomic E-state index is 12.2. The van der Waals surface area contributed by atoms with Gasteiger partial charge in [0.25, 0.3) is 5.91 Å². The van der Waals surface area contributed by atoms with Crippen LogP contribution in [0.1, 0.15) is 28.5 Å². The Bertz CT molecular complexity index is 658. The smallest absolute Gasteiger partial charge is 0.325 e. The Morgan fingerprint density at radius 2 is 2.00 bits per heavy atom. The van der Waals surface area contributed by atoms with Crippen LogP contribution >= 0.6 is 0 Å². The summed E-state index contributed by atoms with van der Waals surface area (Å²) in [7, 11) is 0. The molecule has 0 aliphatic rings. The first-order valence-corrected chi connectivity index (χ1v) is 6.03. The highest BCUT2D eigenvalue weighted by molar-refractivity contribution is 6.10. The molecule has 0 fully saturated rings. The average molecular weight is 260 g/mol.